The van der Waals surface area contributed by atoms with Gasteiger partial charge in [-0.2, -0.15) is 0 Å². The number of nitrogens with zero attached hydrogens (tertiary/aromatic N) is 5. The fourth-order valence-corrected chi connectivity index (χ4v) is 3.73. The van der Waals surface area contributed by atoms with Gasteiger partial charge >= 0.3 is 0 Å². The van der Waals surface area contributed by atoms with E-state index >= 15 is 0 Å². The van der Waals surface area contributed by atoms with Crippen LogP contribution < -0.4 is 5.32 Å². The first-order chi connectivity index (χ1) is 12.7. The van der Waals surface area contributed by atoms with Crippen LogP contribution in [0.2, 0.25) is 0 Å². The number of carbonyl (C=O) groups excluding carboxylic acids is 1. The summed E-state index contributed by atoms with van der Waals surface area (Å²) in [4.78, 5) is 23.5. The Hall–Kier alpha value is -1.29. The lowest BCUT2D eigenvalue weighted by atomic mass is 10.1. The van der Waals surface area contributed by atoms with Crippen molar-refractivity contribution >= 4 is 35.8 Å². The lowest BCUT2D eigenvalue weighted by molar-refractivity contribution is -0.133. The van der Waals surface area contributed by atoms with Crippen LogP contribution in [0.5, 0.6) is 0 Å². The Morgan fingerprint density at radius 3 is 2.37 bits per heavy atom. The third-order valence-corrected chi connectivity index (χ3v) is 5.43. The summed E-state index contributed by atoms with van der Waals surface area (Å²) in [5.74, 6) is 1.23. The molecule has 1 N–H and O–H groups in total. The smallest absolute Gasteiger partial charge is 0.236 e. The number of aromatic nitrogens is 1. The van der Waals surface area contributed by atoms with Crippen molar-refractivity contribution in [1.29, 1.82) is 0 Å². The second kappa shape index (κ2) is 10.9. The molecule has 0 spiro atoms. The standard InChI is InChI=1S/C19H32N6O.HI/c1-20-19(21-15-17-7-6-8-22(17)2)25-13-11-23(12-14-25)16-18(26)24-9-4-3-5-10-24;/h6-8H,3-5,9-16H2,1-2H3,(H,20,21);1H. The van der Waals surface area contributed by atoms with Crippen molar-refractivity contribution < 1.29 is 4.79 Å². The molecular weight excluding hydrogens is 455 g/mol. The number of hydrogen-bond acceptors (Lipinski definition) is 3. The van der Waals surface area contributed by atoms with Gasteiger partial charge in [0.05, 0.1) is 13.1 Å². The van der Waals surface area contributed by atoms with Gasteiger partial charge in [-0.15, -0.1) is 24.0 Å². The Bertz CT molecular complexity index is 617. The summed E-state index contributed by atoms with van der Waals surface area (Å²) in [5, 5.41) is 3.45. The number of likely N-dealkylation sites (tertiary alicyclic amines) is 1. The van der Waals surface area contributed by atoms with E-state index in [2.05, 4.69) is 50.1 Å². The van der Waals surface area contributed by atoms with Gasteiger partial charge in [0.2, 0.25) is 5.91 Å². The Balaban J connectivity index is 0.00000261. The van der Waals surface area contributed by atoms with Crippen molar-refractivity contribution in [3.05, 3.63) is 24.0 Å². The molecule has 1 amide bonds. The summed E-state index contributed by atoms with van der Waals surface area (Å²) < 4.78 is 2.12. The highest BCUT2D eigenvalue weighted by atomic mass is 127. The maximum atomic E-state index is 12.4. The summed E-state index contributed by atoms with van der Waals surface area (Å²) in [6, 6.07) is 4.17. The zero-order valence-corrected chi connectivity index (χ0v) is 18.9. The minimum absolute atomic E-state index is 0. The number of rotatable bonds is 4. The minimum Gasteiger partial charge on any atom is -0.353 e. The van der Waals surface area contributed by atoms with Crippen molar-refractivity contribution in [3.63, 3.8) is 0 Å². The SMILES string of the molecule is CN=C(NCc1cccn1C)N1CCN(CC(=O)N2CCCCC2)CC1.I. The van der Waals surface area contributed by atoms with Gasteiger partial charge in [0.25, 0.3) is 0 Å². The predicted molar refractivity (Wildman–Crippen MR) is 119 cm³/mol. The van der Waals surface area contributed by atoms with Crippen LogP contribution >= 0.6 is 24.0 Å². The molecule has 2 saturated heterocycles. The number of piperazine rings is 1. The van der Waals surface area contributed by atoms with E-state index in [-0.39, 0.29) is 24.0 Å². The van der Waals surface area contributed by atoms with Crippen LogP contribution in [-0.2, 0) is 18.4 Å². The number of carbonyl (C=O) groups is 1. The molecule has 0 saturated carbocycles. The molecule has 0 unspecified atom stereocenters. The molecule has 2 aliphatic rings. The average molecular weight is 488 g/mol. The largest absolute Gasteiger partial charge is 0.353 e. The lowest BCUT2D eigenvalue weighted by Gasteiger charge is -2.37. The first-order valence-electron chi connectivity index (χ1n) is 9.73. The van der Waals surface area contributed by atoms with Gasteiger partial charge in [0.15, 0.2) is 5.96 Å². The molecule has 27 heavy (non-hydrogen) atoms. The molecule has 7 nitrogen and oxygen atoms in total. The van der Waals surface area contributed by atoms with Crippen molar-refractivity contribution in [1.82, 2.24) is 24.6 Å². The second-order valence-electron chi connectivity index (χ2n) is 7.22. The van der Waals surface area contributed by atoms with E-state index in [1.165, 1.54) is 12.1 Å². The molecule has 0 atom stereocenters. The Morgan fingerprint density at radius 1 is 1.07 bits per heavy atom. The summed E-state index contributed by atoms with van der Waals surface area (Å²) in [7, 11) is 3.89. The predicted octanol–water partition coefficient (Wildman–Crippen LogP) is 1.35. The monoisotopic (exact) mass is 488 g/mol. The van der Waals surface area contributed by atoms with Crippen LogP contribution in [0.1, 0.15) is 25.0 Å². The fraction of sp³-hybridized carbons (Fsp3) is 0.684. The van der Waals surface area contributed by atoms with Gasteiger partial charge in [0.1, 0.15) is 0 Å². The zero-order chi connectivity index (χ0) is 18.4. The Kier molecular flexibility index (Phi) is 8.88. The number of nitrogens with one attached hydrogen (secondary N) is 1. The highest BCUT2D eigenvalue weighted by molar-refractivity contribution is 14.0. The van der Waals surface area contributed by atoms with Crippen molar-refractivity contribution in [2.24, 2.45) is 12.0 Å². The first kappa shape index (κ1) is 22.0. The van der Waals surface area contributed by atoms with Crippen LogP contribution in [0.4, 0.5) is 0 Å². The van der Waals surface area contributed by atoms with E-state index in [4.69, 9.17) is 0 Å². The van der Waals surface area contributed by atoms with Gasteiger partial charge in [-0.25, -0.2) is 0 Å². The summed E-state index contributed by atoms with van der Waals surface area (Å²) in [5.41, 5.74) is 1.23. The van der Waals surface area contributed by atoms with E-state index in [1.807, 2.05) is 11.9 Å². The van der Waals surface area contributed by atoms with Gasteiger partial charge in [0, 0.05) is 65.3 Å². The quantitative estimate of drug-likeness (QED) is 0.395. The Labute approximate surface area is 179 Å². The van der Waals surface area contributed by atoms with Crippen LogP contribution in [0.15, 0.2) is 23.3 Å². The van der Waals surface area contributed by atoms with Crippen molar-refractivity contribution in [2.75, 3.05) is 52.9 Å². The summed E-state index contributed by atoms with van der Waals surface area (Å²) in [6.45, 7) is 6.82. The van der Waals surface area contributed by atoms with Gasteiger partial charge < -0.3 is 19.7 Å². The van der Waals surface area contributed by atoms with Crippen molar-refractivity contribution in [3.8, 4) is 0 Å². The van der Waals surface area contributed by atoms with E-state index in [1.54, 1.807) is 0 Å². The molecule has 0 radical (unpaired) electrons. The molecule has 2 aliphatic heterocycles. The zero-order valence-electron chi connectivity index (χ0n) is 16.6. The molecule has 2 fully saturated rings. The number of halogens is 1. The maximum Gasteiger partial charge on any atom is 0.236 e. The highest BCUT2D eigenvalue weighted by Crippen LogP contribution is 2.10. The van der Waals surface area contributed by atoms with Crippen LogP contribution in [0.25, 0.3) is 0 Å². The maximum absolute atomic E-state index is 12.4. The topological polar surface area (TPSA) is 56.1 Å². The van der Waals surface area contributed by atoms with Crippen molar-refractivity contribution in [2.45, 2.75) is 25.8 Å². The van der Waals surface area contributed by atoms with Crippen LogP contribution in [0, 0.1) is 0 Å². The fourth-order valence-electron chi connectivity index (χ4n) is 3.73. The molecule has 8 heteroatoms. The Morgan fingerprint density at radius 2 is 1.78 bits per heavy atom. The van der Waals surface area contributed by atoms with E-state index < -0.39 is 0 Å². The molecule has 3 heterocycles. The number of hydrogen-bond donors (Lipinski definition) is 1. The normalized spacial score (nSPS) is 19.0. The third-order valence-electron chi connectivity index (χ3n) is 5.43. The first-order valence-corrected chi connectivity index (χ1v) is 9.73. The molecule has 0 bridgehead atoms. The van der Waals surface area contributed by atoms with E-state index in [0.29, 0.717) is 12.5 Å². The minimum atomic E-state index is 0. The molecule has 3 rings (SSSR count). The number of aryl methyl sites for hydroxylation is 1. The number of guanidine groups is 1. The van der Waals surface area contributed by atoms with E-state index in [0.717, 1.165) is 64.6 Å². The van der Waals surface area contributed by atoms with Gasteiger partial charge in [-0.1, -0.05) is 0 Å². The number of piperidine rings is 1. The lowest BCUT2D eigenvalue weighted by Crippen LogP contribution is -2.54. The van der Waals surface area contributed by atoms with Crippen LogP contribution in [0.3, 0.4) is 0 Å². The van der Waals surface area contributed by atoms with Gasteiger partial charge in [-0.05, 0) is 31.4 Å². The number of aliphatic imine (C=N–C) groups is 1. The average Bonchev–Trinajstić information content (AvgIpc) is 3.09. The molecule has 152 valence electrons. The highest BCUT2D eigenvalue weighted by Gasteiger charge is 2.24. The molecular formula is C19H33IN6O. The summed E-state index contributed by atoms with van der Waals surface area (Å²) in [6.07, 6.45) is 5.63. The number of amides is 1. The molecule has 1 aromatic rings. The molecule has 0 aromatic carbocycles. The second-order valence-corrected chi connectivity index (χ2v) is 7.22. The third kappa shape index (κ3) is 6.10. The molecule has 0 aliphatic carbocycles. The van der Waals surface area contributed by atoms with E-state index in [9.17, 15) is 4.79 Å². The van der Waals surface area contributed by atoms with Gasteiger partial charge in [-0.3, -0.25) is 14.7 Å². The molecule has 1 aromatic heterocycles. The van der Waals surface area contributed by atoms with Crippen LogP contribution in [-0.4, -0.2) is 84.0 Å². The summed E-state index contributed by atoms with van der Waals surface area (Å²) >= 11 is 0.